The van der Waals surface area contributed by atoms with Crippen molar-refractivity contribution in [3.8, 4) is 11.3 Å². The van der Waals surface area contributed by atoms with Crippen molar-refractivity contribution >= 4 is 10.0 Å². The van der Waals surface area contributed by atoms with Gasteiger partial charge in [-0.05, 0) is 37.1 Å². The van der Waals surface area contributed by atoms with E-state index in [0.717, 1.165) is 25.0 Å². The zero-order valence-electron chi connectivity index (χ0n) is 14.8. The van der Waals surface area contributed by atoms with Crippen LogP contribution in [0.15, 0.2) is 40.8 Å². The molecule has 0 saturated carbocycles. The number of piperidine rings is 1. The lowest BCUT2D eigenvalue weighted by atomic mass is 10.1. The van der Waals surface area contributed by atoms with Crippen LogP contribution in [0, 0.1) is 0 Å². The number of halogens is 3. The van der Waals surface area contributed by atoms with E-state index >= 15 is 0 Å². The number of nitrogens with zero attached hydrogens (tertiary/aromatic N) is 1. The van der Waals surface area contributed by atoms with Crippen LogP contribution >= 0.6 is 0 Å². The van der Waals surface area contributed by atoms with Gasteiger partial charge in [0.2, 0.25) is 10.0 Å². The average Bonchev–Trinajstić information content (AvgIpc) is 3.08. The molecule has 1 saturated heterocycles. The first-order chi connectivity index (χ1) is 12.6. The van der Waals surface area contributed by atoms with Crippen LogP contribution in [0.3, 0.4) is 0 Å². The van der Waals surface area contributed by atoms with Crippen molar-refractivity contribution in [2.75, 3.05) is 19.3 Å². The molecule has 5 nitrogen and oxygen atoms in total. The van der Waals surface area contributed by atoms with Crippen LogP contribution in [0.5, 0.6) is 0 Å². The Kier molecular flexibility index (Phi) is 5.64. The van der Waals surface area contributed by atoms with E-state index in [9.17, 15) is 21.6 Å². The van der Waals surface area contributed by atoms with E-state index < -0.39 is 21.8 Å². The fourth-order valence-electron chi connectivity index (χ4n) is 3.11. The van der Waals surface area contributed by atoms with Crippen molar-refractivity contribution in [3.05, 3.63) is 47.7 Å². The second-order valence-corrected chi connectivity index (χ2v) is 8.66. The Morgan fingerprint density at radius 1 is 1.19 bits per heavy atom. The molecule has 1 atom stereocenters. The molecule has 9 heteroatoms. The van der Waals surface area contributed by atoms with Crippen LogP contribution in [-0.2, 0) is 22.7 Å². The summed E-state index contributed by atoms with van der Waals surface area (Å²) in [5, 5.41) is 3.29. The van der Waals surface area contributed by atoms with Crippen molar-refractivity contribution in [3.63, 3.8) is 0 Å². The van der Waals surface area contributed by atoms with Gasteiger partial charge in [0.1, 0.15) is 11.5 Å². The molecule has 0 aliphatic carbocycles. The van der Waals surface area contributed by atoms with Crippen molar-refractivity contribution in [1.82, 2.24) is 9.62 Å². The number of sulfonamides is 1. The molecule has 1 aromatic heterocycles. The largest absolute Gasteiger partial charge is 0.460 e. The van der Waals surface area contributed by atoms with Crippen LogP contribution < -0.4 is 5.32 Å². The highest BCUT2D eigenvalue weighted by atomic mass is 32.2. The van der Waals surface area contributed by atoms with Gasteiger partial charge in [0.15, 0.2) is 0 Å². The van der Waals surface area contributed by atoms with Gasteiger partial charge in [-0.3, -0.25) is 0 Å². The molecule has 0 amide bonds. The first kappa shape index (κ1) is 19.9. The maximum Gasteiger partial charge on any atom is 0.416 e. The quantitative estimate of drug-likeness (QED) is 0.832. The summed E-state index contributed by atoms with van der Waals surface area (Å²) in [6.45, 7) is 1.38. The van der Waals surface area contributed by atoms with Crippen LogP contribution in [0.25, 0.3) is 11.3 Å². The molecule has 148 valence electrons. The summed E-state index contributed by atoms with van der Waals surface area (Å²) < 4.78 is 68.4. The fraction of sp³-hybridized carbons (Fsp3) is 0.444. The lowest BCUT2D eigenvalue weighted by Crippen LogP contribution is -2.47. The Morgan fingerprint density at radius 3 is 2.52 bits per heavy atom. The van der Waals surface area contributed by atoms with Gasteiger partial charge < -0.3 is 9.73 Å². The molecule has 1 N–H and O–H groups in total. The molecule has 1 fully saturated rings. The standard InChI is InChI=1S/C18H21F3N2O3S/c1-27(24,25)23-10-2-3-15(12-23)22-11-16-8-9-17(26-16)13-4-6-14(7-5-13)18(19,20)21/h4-9,15,22H,2-3,10-12H2,1H3/t15-/m0/s1. The maximum atomic E-state index is 12.6. The van der Waals surface area contributed by atoms with Crippen molar-refractivity contribution in [1.29, 1.82) is 0 Å². The molecule has 0 radical (unpaired) electrons. The molecule has 0 unspecified atom stereocenters. The van der Waals surface area contributed by atoms with E-state index in [-0.39, 0.29) is 6.04 Å². The van der Waals surface area contributed by atoms with E-state index in [2.05, 4.69) is 5.32 Å². The van der Waals surface area contributed by atoms with Gasteiger partial charge in [-0.25, -0.2) is 12.7 Å². The minimum absolute atomic E-state index is 0.0353. The lowest BCUT2D eigenvalue weighted by molar-refractivity contribution is -0.137. The van der Waals surface area contributed by atoms with Gasteiger partial charge in [0.25, 0.3) is 0 Å². The van der Waals surface area contributed by atoms with E-state index in [1.807, 2.05) is 0 Å². The second kappa shape index (κ2) is 7.65. The molecule has 1 aliphatic rings. The zero-order chi connectivity index (χ0) is 19.7. The summed E-state index contributed by atoms with van der Waals surface area (Å²) in [5.74, 6) is 1.13. The van der Waals surface area contributed by atoms with Crippen LogP contribution in [0.4, 0.5) is 13.2 Å². The predicted molar refractivity (Wildman–Crippen MR) is 95.4 cm³/mol. The Hall–Kier alpha value is -1.84. The molecule has 1 aromatic carbocycles. The van der Waals surface area contributed by atoms with Crippen molar-refractivity contribution in [2.45, 2.75) is 31.6 Å². The van der Waals surface area contributed by atoms with Crippen molar-refractivity contribution in [2.24, 2.45) is 0 Å². The zero-order valence-corrected chi connectivity index (χ0v) is 15.6. The number of nitrogens with one attached hydrogen (secondary N) is 1. The highest BCUT2D eigenvalue weighted by Crippen LogP contribution is 2.31. The molecule has 0 bridgehead atoms. The van der Waals surface area contributed by atoms with Gasteiger partial charge in [0.05, 0.1) is 18.4 Å². The number of alkyl halides is 3. The molecule has 2 aromatic rings. The summed E-state index contributed by atoms with van der Waals surface area (Å²) in [6.07, 6.45) is -1.49. The number of rotatable bonds is 5. The van der Waals surface area contributed by atoms with E-state index in [0.29, 0.717) is 36.7 Å². The third-order valence-electron chi connectivity index (χ3n) is 4.58. The first-order valence-corrected chi connectivity index (χ1v) is 10.4. The molecule has 1 aliphatic heterocycles. The molecule has 3 rings (SSSR count). The molecular weight excluding hydrogens is 381 g/mol. The Balaban J connectivity index is 1.60. The van der Waals surface area contributed by atoms with Crippen LogP contribution in [0.1, 0.15) is 24.2 Å². The predicted octanol–water partition coefficient (Wildman–Crippen LogP) is 3.48. The maximum absolute atomic E-state index is 12.6. The molecule has 27 heavy (non-hydrogen) atoms. The molecular formula is C18H21F3N2O3S. The van der Waals surface area contributed by atoms with Gasteiger partial charge in [0, 0.05) is 24.7 Å². The number of benzene rings is 1. The topological polar surface area (TPSA) is 62.6 Å². The third kappa shape index (κ3) is 5.12. The Labute approximate surface area is 156 Å². The number of hydrogen-bond donors (Lipinski definition) is 1. The average molecular weight is 402 g/mol. The normalized spacial score (nSPS) is 19.3. The van der Waals surface area contributed by atoms with Gasteiger partial charge in [-0.1, -0.05) is 12.1 Å². The summed E-state index contributed by atoms with van der Waals surface area (Å²) >= 11 is 0. The van der Waals surface area contributed by atoms with Crippen LogP contribution in [0.2, 0.25) is 0 Å². The number of furan rings is 1. The number of hydrogen-bond acceptors (Lipinski definition) is 4. The first-order valence-electron chi connectivity index (χ1n) is 8.58. The highest BCUT2D eigenvalue weighted by molar-refractivity contribution is 7.88. The smallest absolute Gasteiger partial charge is 0.416 e. The van der Waals surface area contributed by atoms with E-state index in [1.54, 1.807) is 12.1 Å². The van der Waals surface area contributed by atoms with Crippen LogP contribution in [-0.4, -0.2) is 38.1 Å². The summed E-state index contributed by atoms with van der Waals surface area (Å²) in [6, 6.07) is 8.32. The van der Waals surface area contributed by atoms with Gasteiger partial charge in [-0.2, -0.15) is 13.2 Å². The fourth-order valence-corrected chi connectivity index (χ4v) is 4.02. The van der Waals surface area contributed by atoms with Gasteiger partial charge in [-0.15, -0.1) is 0 Å². The van der Waals surface area contributed by atoms with E-state index in [4.69, 9.17) is 4.42 Å². The molecule has 2 heterocycles. The summed E-state index contributed by atoms with van der Waals surface area (Å²) in [5.41, 5.74) is -0.136. The minimum atomic E-state index is -4.36. The SMILES string of the molecule is CS(=O)(=O)N1CCC[C@H](NCc2ccc(-c3ccc(C(F)(F)F)cc3)o2)C1. The third-order valence-corrected chi connectivity index (χ3v) is 5.85. The Bertz CT molecular complexity index is 876. The summed E-state index contributed by atoms with van der Waals surface area (Å²) in [7, 11) is -3.20. The van der Waals surface area contributed by atoms with Crippen molar-refractivity contribution < 1.29 is 26.0 Å². The molecule has 0 spiro atoms. The summed E-state index contributed by atoms with van der Waals surface area (Å²) in [4.78, 5) is 0. The lowest BCUT2D eigenvalue weighted by Gasteiger charge is -2.31. The highest BCUT2D eigenvalue weighted by Gasteiger charge is 2.30. The van der Waals surface area contributed by atoms with E-state index in [1.165, 1.54) is 22.7 Å². The van der Waals surface area contributed by atoms with Gasteiger partial charge >= 0.3 is 6.18 Å². The second-order valence-electron chi connectivity index (χ2n) is 6.68. The minimum Gasteiger partial charge on any atom is -0.460 e. The monoisotopic (exact) mass is 402 g/mol. The Morgan fingerprint density at radius 2 is 1.89 bits per heavy atom.